The van der Waals surface area contributed by atoms with Crippen LogP contribution in [0, 0.1) is 5.92 Å². The zero-order chi connectivity index (χ0) is 14.5. The molecule has 6 heteroatoms. The Kier molecular flexibility index (Phi) is 5.72. The molecule has 19 heavy (non-hydrogen) atoms. The standard InChI is InChI=1S/C13H18ClNO4/c1-9(12(16)17)4-3-6-13(18,19-2)11-8-10(14)5-7-15-11/h5,7-9,18H,3-4,6H2,1-2H3,(H,16,17)/t9-,13?/m1/s1. The average Bonchev–Trinajstić information content (AvgIpc) is 2.38. The lowest BCUT2D eigenvalue weighted by Crippen LogP contribution is -2.29. The molecule has 0 amide bonds. The monoisotopic (exact) mass is 287 g/mol. The number of aliphatic hydroxyl groups is 1. The molecule has 1 unspecified atom stereocenters. The van der Waals surface area contributed by atoms with E-state index in [4.69, 9.17) is 21.4 Å². The molecule has 5 nitrogen and oxygen atoms in total. The van der Waals surface area contributed by atoms with Gasteiger partial charge in [0.15, 0.2) is 0 Å². The van der Waals surface area contributed by atoms with Crippen LogP contribution >= 0.6 is 11.6 Å². The first-order chi connectivity index (χ1) is 8.89. The predicted octanol–water partition coefficient (Wildman–Crippen LogP) is 2.42. The second kappa shape index (κ2) is 6.84. The molecule has 0 radical (unpaired) electrons. The van der Waals surface area contributed by atoms with Gasteiger partial charge in [-0.05, 0) is 25.0 Å². The van der Waals surface area contributed by atoms with Crippen molar-refractivity contribution in [2.75, 3.05) is 7.11 Å². The first-order valence-corrected chi connectivity index (χ1v) is 6.39. The fourth-order valence-corrected chi connectivity index (χ4v) is 1.88. The predicted molar refractivity (Wildman–Crippen MR) is 70.8 cm³/mol. The maximum Gasteiger partial charge on any atom is 0.306 e. The second-order valence-electron chi connectivity index (χ2n) is 4.48. The summed E-state index contributed by atoms with van der Waals surface area (Å²) < 4.78 is 5.11. The summed E-state index contributed by atoms with van der Waals surface area (Å²) in [4.78, 5) is 14.8. The topological polar surface area (TPSA) is 79.7 Å². The van der Waals surface area contributed by atoms with Crippen LogP contribution in [0.3, 0.4) is 0 Å². The van der Waals surface area contributed by atoms with Crippen molar-refractivity contribution in [3.8, 4) is 0 Å². The molecule has 0 fully saturated rings. The Morgan fingerprint density at radius 1 is 1.63 bits per heavy atom. The van der Waals surface area contributed by atoms with E-state index in [1.807, 2.05) is 0 Å². The van der Waals surface area contributed by atoms with Crippen molar-refractivity contribution in [2.24, 2.45) is 5.92 Å². The van der Waals surface area contributed by atoms with Crippen molar-refractivity contribution < 1.29 is 19.7 Å². The number of rotatable bonds is 7. The highest BCUT2D eigenvalue weighted by atomic mass is 35.5. The van der Waals surface area contributed by atoms with Gasteiger partial charge in [-0.3, -0.25) is 9.78 Å². The van der Waals surface area contributed by atoms with Crippen LogP contribution in [0.15, 0.2) is 18.3 Å². The smallest absolute Gasteiger partial charge is 0.306 e. The highest BCUT2D eigenvalue weighted by Gasteiger charge is 2.30. The molecule has 1 aromatic rings. The van der Waals surface area contributed by atoms with Crippen LogP contribution in [-0.2, 0) is 15.3 Å². The minimum Gasteiger partial charge on any atom is -0.481 e. The van der Waals surface area contributed by atoms with Gasteiger partial charge in [-0.15, -0.1) is 0 Å². The molecule has 0 saturated heterocycles. The Balaban J connectivity index is 2.68. The van der Waals surface area contributed by atoms with E-state index in [9.17, 15) is 9.90 Å². The number of halogens is 1. The number of aromatic nitrogens is 1. The number of hydrogen-bond acceptors (Lipinski definition) is 4. The lowest BCUT2D eigenvalue weighted by atomic mass is 9.99. The summed E-state index contributed by atoms with van der Waals surface area (Å²) in [5, 5.41) is 19.6. The fraction of sp³-hybridized carbons (Fsp3) is 0.538. The van der Waals surface area contributed by atoms with Crippen LogP contribution in [-0.4, -0.2) is 28.3 Å². The number of carboxylic acids is 1. The van der Waals surface area contributed by atoms with Gasteiger partial charge in [0.25, 0.3) is 0 Å². The van der Waals surface area contributed by atoms with E-state index in [1.54, 1.807) is 13.0 Å². The molecule has 1 rings (SSSR count). The summed E-state index contributed by atoms with van der Waals surface area (Å²) in [5.41, 5.74) is 0.325. The number of carboxylic acid groups (broad SMARTS) is 1. The first kappa shape index (κ1) is 15.9. The highest BCUT2D eigenvalue weighted by molar-refractivity contribution is 6.30. The molecule has 2 N–H and O–H groups in total. The van der Waals surface area contributed by atoms with E-state index in [0.717, 1.165) is 0 Å². The van der Waals surface area contributed by atoms with Gasteiger partial charge in [0, 0.05) is 24.8 Å². The van der Waals surface area contributed by atoms with E-state index in [-0.39, 0.29) is 6.42 Å². The molecule has 106 valence electrons. The number of carbonyl (C=O) groups is 1. The summed E-state index contributed by atoms with van der Waals surface area (Å²) in [7, 11) is 1.38. The van der Waals surface area contributed by atoms with Gasteiger partial charge >= 0.3 is 5.97 Å². The maximum atomic E-state index is 10.7. The molecule has 0 aliphatic carbocycles. The normalized spacial score (nSPS) is 15.8. The third kappa shape index (κ3) is 4.45. The highest BCUT2D eigenvalue weighted by Crippen LogP contribution is 2.28. The Hall–Kier alpha value is -1.17. The largest absolute Gasteiger partial charge is 0.481 e. The van der Waals surface area contributed by atoms with E-state index in [0.29, 0.717) is 23.6 Å². The Labute approximate surface area is 117 Å². The minimum absolute atomic E-state index is 0.258. The van der Waals surface area contributed by atoms with Crippen molar-refractivity contribution >= 4 is 17.6 Å². The van der Waals surface area contributed by atoms with E-state index in [1.165, 1.54) is 19.4 Å². The Bertz CT molecular complexity index is 440. The van der Waals surface area contributed by atoms with Crippen LogP contribution in [0.1, 0.15) is 31.9 Å². The van der Waals surface area contributed by atoms with Gasteiger partial charge in [-0.2, -0.15) is 0 Å². The number of hydrogen-bond donors (Lipinski definition) is 2. The SMILES string of the molecule is COC(O)(CCC[C@@H](C)C(=O)O)c1cc(Cl)ccn1. The van der Waals surface area contributed by atoms with Crippen LogP contribution in [0.2, 0.25) is 5.02 Å². The average molecular weight is 288 g/mol. The maximum absolute atomic E-state index is 10.7. The Morgan fingerprint density at radius 3 is 2.84 bits per heavy atom. The molecule has 0 aromatic carbocycles. The van der Waals surface area contributed by atoms with Gasteiger partial charge in [0.1, 0.15) is 5.69 Å². The van der Waals surface area contributed by atoms with Crippen LogP contribution < -0.4 is 0 Å². The molecule has 1 heterocycles. The molecule has 2 atom stereocenters. The summed E-state index contributed by atoms with van der Waals surface area (Å²) in [6, 6.07) is 3.14. The zero-order valence-corrected chi connectivity index (χ0v) is 11.7. The lowest BCUT2D eigenvalue weighted by molar-refractivity contribution is -0.202. The minimum atomic E-state index is -1.54. The van der Waals surface area contributed by atoms with E-state index in [2.05, 4.69) is 4.98 Å². The van der Waals surface area contributed by atoms with Gasteiger partial charge in [0.2, 0.25) is 5.79 Å². The number of ether oxygens (including phenoxy) is 1. The van der Waals surface area contributed by atoms with Gasteiger partial charge in [0.05, 0.1) is 5.92 Å². The molecule has 0 aliphatic rings. The van der Waals surface area contributed by atoms with Crippen LogP contribution in [0.4, 0.5) is 0 Å². The second-order valence-corrected chi connectivity index (χ2v) is 4.92. The van der Waals surface area contributed by atoms with Crippen molar-refractivity contribution in [1.82, 2.24) is 4.98 Å². The van der Waals surface area contributed by atoms with Crippen LogP contribution in [0.25, 0.3) is 0 Å². The van der Waals surface area contributed by atoms with Crippen molar-refractivity contribution in [3.05, 3.63) is 29.0 Å². The van der Waals surface area contributed by atoms with Crippen LogP contribution in [0.5, 0.6) is 0 Å². The number of nitrogens with zero attached hydrogens (tertiary/aromatic N) is 1. The lowest BCUT2D eigenvalue weighted by Gasteiger charge is -2.26. The third-order valence-corrected chi connectivity index (χ3v) is 3.27. The molecule has 0 aliphatic heterocycles. The van der Waals surface area contributed by atoms with E-state index >= 15 is 0 Å². The summed E-state index contributed by atoms with van der Waals surface area (Å²) in [6.45, 7) is 1.63. The molecule has 0 bridgehead atoms. The van der Waals surface area contributed by atoms with Gasteiger partial charge in [-0.25, -0.2) is 0 Å². The summed E-state index contributed by atoms with van der Waals surface area (Å²) >= 11 is 5.85. The van der Waals surface area contributed by atoms with Crippen molar-refractivity contribution in [1.29, 1.82) is 0 Å². The number of pyridine rings is 1. The third-order valence-electron chi connectivity index (χ3n) is 3.03. The first-order valence-electron chi connectivity index (χ1n) is 6.01. The molecule has 0 saturated carbocycles. The molecular formula is C13H18ClNO4. The molecule has 0 spiro atoms. The number of methoxy groups -OCH3 is 1. The van der Waals surface area contributed by atoms with Gasteiger partial charge in [-0.1, -0.05) is 18.5 Å². The molecular weight excluding hydrogens is 270 g/mol. The Morgan fingerprint density at radius 2 is 2.32 bits per heavy atom. The van der Waals surface area contributed by atoms with Crippen molar-refractivity contribution in [2.45, 2.75) is 32.0 Å². The summed E-state index contributed by atoms with van der Waals surface area (Å²) in [5.74, 6) is -2.83. The fourth-order valence-electron chi connectivity index (χ4n) is 1.72. The van der Waals surface area contributed by atoms with E-state index < -0.39 is 17.7 Å². The van der Waals surface area contributed by atoms with Gasteiger partial charge < -0.3 is 14.9 Å². The van der Waals surface area contributed by atoms with Crippen molar-refractivity contribution in [3.63, 3.8) is 0 Å². The quantitative estimate of drug-likeness (QED) is 0.753. The molecule has 1 aromatic heterocycles. The number of aliphatic carboxylic acids is 1. The zero-order valence-electron chi connectivity index (χ0n) is 11.0. The summed E-state index contributed by atoms with van der Waals surface area (Å²) in [6.07, 6.45) is 2.71.